The van der Waals surface area contributed by atoms with Gasteiger partial charge < -0.3 is 4.90 Å². The van der Waals surface area contributed by atoms with Gasteiger partial charge in [0.15, 0.2) is 0 Å². The third-order valence-electron chi connectivity index (χ3n) is 2.85. The minimum Gasteiger partial charge on any atom is -0.355 e. The predicted octanol–water partition coefficient (Wildman–Crippen LogP) is 4.07. The minimum atomic E-state index is -0.568. The van der Waals surface area contributed by atoms with Crippen LogP contribution in [0.4, 0.5) is 14.6 Å². The van der Waals surface area contributed by atoms with Gasteiger partial charge in [-0.15, -0.1) is 0 Å². The van der Waals surface area contributed by atoms with Crippen molar-refractivity contribution in [3.05, 3.63) is 57.7 Å². The Morgan fingerprint density at radius 2 is 2.00 bits per heavy atom. The molecule has 0 saturated carbocycles. The first-order valence-corrected chi connectivity index (χ1v) is 6.54. The molecule has 0 aliphatic heterocycles. The zero-order chi connectivity index (χ0) is 14.0. The Balaban J connectivity index is 2.20. The van der Waals surface area contributed by atoms with Crippen LogP contribution in [0, 0.1) is 18.6 Å². The van der Waals surface area contributed by atoms with Crippen LogP contribution in [-0.4, -0.2) is 12.0 Å². The topological polar surface area (TPSA) is 16.1 Å². The monoisotopic (exact) mass is 326 g/mol. The molecule has 0 N–H and O–H groups in total. The van der Waals surface area contributed by atoms with Crippen LogP contribution < -0.4 is 4.90 Å². The molecule has 0 spiro atoms. The van der Waals surface area contributed by atoms with E-state index in [-0.39, 0.29) is 0 Å². The molecule has 0 aliphatic rings. The zero-order valence-electron chi connectivity index (χ0n) is 10.6. The summed E-state index contributed by atoms with van der Waals surface area (Å²) >= 11 is 3.38. The summed E-state index contributed by atoms with van der Waals surface area (Å²) in [6, 6.07) is 5.51. The van der Waals surface area contributed by atoms with Gasteiger partial charge in [0.25, 0.3) is 0 Å². The van der Waals surface area contributed by atoms with E-state index in [1.807, 2.05) is 24.9 Å². The largest absolute Gasteiger partial charge is 0.355 e. The summed E-state index contributed by atoms with van der Waals surface area (Å²) in [6.07, 6.45) is 1.71. The van der Waals surface area contributed by atoms with Crippen LogP contribution in [0.3, 0.4) is 0 Å². The van der Waals surface area contributed by atoms with Gasteiger partial charge in [0, 0.05) is 35.9 Å². The number of aryl methyl sites for hydroxylation is 1. The highest BCUT2D eigenvalue weighted by atomic mass is 79.9. The van der Waals surface area contributed by atoms with Crippen molar-refractivity contribution in [2.24, 2.45) is 0 Å². The van der Waals surface area contributed by atoms with Crippen molar-refractivity contribution in [1.82, 2.24) is 4.98 Å². The molecule has 1 aromatic carbocycles. The molecular weight excluding hydrogens is 314 g/mol. The molecule has 1 aromatic heterocycles. The van der Waals surface area contributed by atoms with Gasteiger partial charge in [-0.25, -0.2) is 13.8 Å². The maximum Gasteiger partial charge on any atom is 0.131 e. The lowest BCUT2D eigenvalue weighted by Gasteiger charge is -2.19. The van der Waals surface area contributed by atoms with Gasteiger partial charge in [0.2, 0.25) is 0 Å². The molecule has 0 radical (unpaired) electrons. The Morgan fingerprint density at radius 1 is 1.26 bits per heavy atom. The summed E-state index contributed by atoms with van der Waals surface area (Å²) in [7, 11) is 1.82. The van der Waals surface area contributed by atoms with Crippen molar-refractivity contribution in [1.29, 1.82) is 0 Å². The molecule has 0 unspecified atom stereocenters. The van der Waals surface area contributed by atoms with Gasteiger partial charge in [0.05, 0.1) is 0 Å². The fourth-order valence-corrected chi connectivity index (χ4v) is 1.94. The average molecular weight is 327 g/mol. The number of aromatic nitrogens is 1. The fourth-order valence-electron chi connectivity index (χ4n) is 1.72. The van der Waals surface area contributed by atoms with Crippen LogP contribution in [0.15, 0.2) is 34.9 Å². The van der Waals surface area contributed by atoms with Crippen LogP contribution in [0.5, 0.6) is 0 Å². The minimum absolute atomic E-state index is 0.334. The summed E-state index contributed by atoms with van der Waals surface area (Å²) < 4.78 is 27.3. The van der Waals surface area contributed by atoms with E-state index in [2.05, 4.69) is 20.9 Å². The highest BCUT2D eigenvalue weighted by molar-refractivity contribution is 9.10. The Labute approximate surface area is 119 Å². The molecule has 100 valence electrons. The number of rotatable bonds is 3. The summed E-state index contributed by atoms with van der Waals surface area (Å²) in [4.78, 5) is 6.08. The van der Waals surface area contributed by atoms with E-state index in [4.69, 9.17) is 0 Å². The fraction of sp³-hybridized carbons (Fsp3) is 0.214. The molecule has 0 fully saturated rings. The number of hydrogen-bond donors (Lipinski definition) is 0. The highest BCUT2D eigenvalue weighted by Crippen LogP contribution is 2.21. The lowest BCUT2D eigenvalue weighted by atomic mass is 10.2. The summed E-state index contributed by atoms with van der Waals surface area (Å²) in [6.45, 7) is 2.29. The number of pyridine rings is 1. The van der Waals surface area contributed by atoms with Crippen molar-refractivity contribution in [3.8, 4) is 0 Å². The predicted molar refractivity (Wildman–Crippen MR) is 75.1 cm³/mol. The van der Waals surface area contributed by atoms with Crippen LogP contribution in [0.1, 0.15) is 11.1 Å². The molecule has 0 amide bonds. The van der Waals surface area contributed by atoms with Gasteiger partial charge in [-0.05, 0) is 40.5 Å². The molecule has 19 heavy (non-hydrogen) atoms. The first-order valence-electron chi connectivity index (χ1n) is 5.74. The van der Waals surface area contributed by atoms with Gasteiger partial charge in [0.1, 0.15) is 17.5 Å². The zero-order valence-corrected chi connectivity index (χ0v) is 12.2. The molecule has 2 rings (SSSR count). The van der Waals surface area contributed by atoms with Gasteiger partial charge in [-0.2, -0.15) is 0 Å². The molecule has 5 heteroatoms. The summed E-state index contributed by atoms with van der Waals surface area (Å²) in [5.41, 5.74) is 1.49. The molecule has 0 bridgehead atoms. The molecule has 2 nitrogen and oxygen atoms in total. The maximum absolute atomic E-state index is 13.6. The first kappa shape index (κ1) is 13.9. The van der Waals surface area contributed by atoms with E-state index in [9.17, 15) is 8.78 Å². The Morgan fingerprint density at radius 3 is 2.63 bits per heavy atom. The van der Waals surface area contributed by atoms with Crippen molar-refractivity contribution in [3.63, 3.8) is 0 Å². The molecule has 0 aliphatic carbocycles. The third-order valence-corrected chi connectivity index (χ3v) is 3.68. The smallest absolute Gasteiger partial charge is 0.131 e. The first-order chi connectivity index (χ1) is 8.97. The number of nitrogens with zero attached hydrogens (tertiary/aromatic N) is 2. The van der Waals surface area contributed by atoms with Gasteiger partial charge >= 0.3 is 0 Å². The van der Waals surface area contributed by atoms with Crippen LogP contribution in [0.25, 0.3) is 0 Å². The number of hydrogen-bond acceptors (Lipinski definition) is 2. The second kappa shape index (κ2) is 5.65. The second-order valence-electron chi connectivity index (χ2n) is 4.38. The highest BCUT2D eigenvalue weighted by Gasteiger charge is 2.09. The average Bonchev–Trinajstić information content (AvgIpc) is 2.36. The van der Waals surface area contributed by atoms with Gasteiger partial charge in [-0.3, -0.25) is 0 Å². The van der Waals surface area contributed by atoms with Crippen molar-refractivity contribution < 1.29 is 8.78 Å². The quantitative estimate of drug-likeness (QED) is 0.845. The van der Waals surface area contributed by atoms with E-state index in [1.54, 1.807) is 6.20 Å². The van der Waals surface area contributed by atoms with E-state index in [0.29, 0.717) is 12.1 Å². The maximum atomic E-state index is 13.6. The number of anilines is 1. The summed E-state index contributed by atoms with van der Waals surface area (Å²) in [5.74, 6) is -0.369. The standard InChI is InChI=1S/C14H13BrF2N2/c1-9-5-14(18-7-12(9)15)19(2)8-10-3-4-11(16)6-13(10)17/h3-7H,8H2,1-2H3. The van der Waals surface area contributed by atoms with E-state index < -0.39 is 11.6 Å². The SMILES string of the molecule is Cc1cc(N(C)Cc2ccc(F)cc2F)ncc1Br. The lowest BCUT2D eigenvalue weighted by Crippen LogP contribution is -2.18. The van der Waals surface area contributed by atoms with Crippen LogP contribution >= 0.6 is 15.9 Å². The van der Waals surface area contributed by atoms with E-state index in [0.717, 1.165) is 21.9 Å². The molecule has 0 atom stereocenters. The molecule has 2 aromatic rings. The van der Waals surface area contributed by atoms with E-state index >= 15 is 0 Å². The number of benzene rings is 1. The Bertz CT molecular complexity index is 602. The molecule has 0 saturated heterocycles. The van der Waals surface area contributed by atoms with Crippen LogP contribution in [-0.2, 0) is 6.54 Å². The number of halogens is 3. The molecule has 1 heterocycles. The normalized spacial score (nSPS) is 10.6. The van der Waals surface area contributed by atoms with Crippen molar-refractivity contribution in [2.45, 2.75) is 13.5 Å². The van der Waals surface area contributed by atoms with Crippen LogP contribution in [0.2, 0.25) is 0 Å². The lowest BCUT2D eigenvalue weighted by molar-refractivity contribution is 0.571. The third kappa shape index (κ3) is 3.29. The Kier molecular flexibility index (Phi) is 4.14. The van der Waals surface area contributed by atoms with Crippen molar-refractivity contribution in [2.75, 3.05) is 11.9 Å². The van der Waals surface area contributed by atoms with Crippen molar-refractivity contribution >= 4 is 21.7 Å². The Hall–Kier alpha value is -1.49. The second-order valence-corrected chi connectivity index (χ2v) is 5.24. The summed E-state index contributed by atoms with van der Waals surface area (Å²) in [5, 5.41) is 0. The molecular formula is C14H13BrF2N2. The van der Waals surface area contributed by atoms with E-state index in [1.165, 1.54) is 12.1 Å². The van der Waals surface area contributed by atoms with Gasteiger partial charge in [-0.1, -0.05) is 6.07 Å².